The fraction of sp³-hybridized carbons (Fsp3) is 0.720. The summed E-state index contributed by atoms with van der Waals surface area (Å²) in [6.45, 7) is 3.60. The maximum absolute atomic E-state index is 12.7. The molecule has 4 atom stereocenters. The van der Waals surface area contributed by atoms with Gasteiger partial charge in [0.05, 0.1) is 25.2 Å². The Kier molecular flexibility index (Phi) is 14.6. The first-order valence-corrected chi connectivity index (χ1v) is 16.3. The van der Waals surface area contributed by atoms with Gasteiger partial charge in [-0.3, -0.25) is 23.4 Å². The van der Waals surface area contributed by atoms with Gasteiger partial charge in [-0.15, -0.1) is 0 Å². The van der Waals surface area contributed by atoms with Crippen molar-refractivity contribution >= 4 is 53.8 Å². The molecule has 0 saturated carbocycles. The van der Waals surface area contributed by atoms with E-state index in [-0.39, 0.29) is 36.5 Å². The molecule has 43 heavy (non-hydrogen) atoms. The number of hydrogen-bond donors (Lipinski definition) is 6. The summed E-state index contributed by atoms with van der Waals surface area (Å²) in [5.41, 5.74) is 5.25. The number of nitrogens with zero attached hydrogens (tertiary/aromatic N) is 3. The zero-order chi connectivity index (χ0) is 32.2. The van der Waals surface area contributed by atoms with Crippen LogP contribution in [-0.4, -0.2) is 95.1 Å². The van der Waals surface area contributed by atoms with Crippen molar-refractivity contribution in [2.75, 3.05) is 55.7 Å². The Morgan fingerprint density at radius 2 is 1.95 bits per heavy atom. The molecule has 1 aliphatic heterocycles. The van der Waals surface area contributed by atoms with Gasteiger partial charge in [0.15, 0.2) is 16.8 Å². The van der Waals surface area contributed by atoms with E-state index in [1.165, 1.54) is 27.1 Å². The van der Waals surface area contributed by atoms with E-state index in [0.717, 1.165) is 24.6 Å². The Hall–Kier alpha value is -2.53. The molecule has 2 amide bonds. The topological polar surface area (TPSA) is 228 Å². The number of rotatable bonds is 16. The van der Waals surface area contributed by atoms with Crippen LogP contribution in [-0.2, 0) is 32.7 Å². The molecule has 2 rings (SSSR count). The number of phosphoric ester groups is 1. The monoisotopic (exact) mass is 649 g/mol. The van der Waals surface area contributed by atoms with Gasteiger partial charge in [0.1, 0.15) is 24.3 Å². The lowest BCUT2D eigenvalue weighted by Gasteiger charge is -2.32. The summed E-state index contributed by atoms with van der Waals surface area (Å²) in [5.74, 6) is -0.182. The van der Waals surface area contributed by atoms with E-state index >= 15 is 0 Å². The second-order valence-electron chi connectivity index (χ2n) is 10.7. The summed E-state index contributed by atoms with van der Waals surface area (Å²) in [4.78, 5) is 55.5. The predicted molar refractivity (Wildman–Crippen MR) is 162 cm³/mol. The highest BCUT2D eigenvalue weighted by Gasteiger charge is 2.37. The molecule has 7 N–H and O–H groups in total. The lowest BCUT2D eigenvalue weighted by molar-refractivity contribution is -0.137. The van der Waals surface area contributed by atoms with Crippen molar-refractivity contribution in [3.63, 3.8) is 0 Å². The summed E-state index contributed by atoms with van der Waals surface area (Å²) in [6.07, 6.45) is 1.71. The summed E-state index contributed by atoms with van der Waals surface area (Å²) in [5, 5.41) is 18.3. The van der Waals surface area contributed by atoms with Crippen molar-refractivity contribution in [2.24, 2.45) is 5.41 Å². The molecule has 16 nitrogen and oxygen atoms in total. The third-order valence-electron chi connectivity index (χ3n) is 6.66. The van der Waals surface area contributed by atoms with Gasteiger partial charge in [0.25, 0.3) is 0 Å². The number of carbonyl (C=O) groups excluding carboxylic acids is 3. The van der Waals surface area contributed by atoms with Crippen molar-refractivity contribution in [1.29, 1.82) is 0 Å². The third kappa shape index (κ3) is 12.2. The van der Waals surface area contributed by atoms with Gasteiger partial charge in [-0.05, 0) is 19.3 Å². The molecule has 0 bridgehead atoms. The number of ether oxygens (including phenoxy) is 1. The number of phosphoric acid groups is 1. The van der Waals surface area contributed by atoms with Crippen LogP contribution in [0, 0.1) is 5.41 Å². The Labute approximate surface area is 255 Å². The summed E-state index contributed by atoms with van der Waals surface area (Å²) < 4.78 is 29.2. The normalized spacial score (nSPS) is 19.4. The third-order valence-corrected chi connectivity index (χ3v) is 8.28. The van der Waals surface area contributed by atoms with E-state index in [9.17, 15) is 28.9 Å². The van der Waals surface area contributed by atoms with E-state index in [1.54, 1.807) is 7.05 Å². The van der Waals surface area contributed by atoms with Gasteiger partial charge in [-0.2, -0.15) is 0 Å². The highest BCUT2D eigenvalue weighted by Crippen LogP contribution is 2.45. The molecule has 2 heterocycles. The van der Waals surface area contributed by atoms with Crippen LogP contribution >= 0.6 is 19.6 Å². The lowest BCUT2D eigenvalue weighted by atomic mass is 9.87. The van der Waals surface area contributed by atoms with Gasteiger partial charge < -0.3 is 41.3 Å². The molecule has 1 saturated heterocycles. The second kappa shape index (κ2) is 17.1. The van der Waals surface area contributed by atoms with Crippen molar-refractivity contribution in [2.45, 2.75) is 71.3 Å². The molecule has 1 aliphatic rings. The van der Waals surface area contributed by atoms with E-state index in [4.69, 9.17) is 19.5 Å². The van der Waals surface area contributed by atoms with Crippen molar-refractivity contribution in [3.8, 4) is 0 Å². The van der Waals surface area contributed by atoms with Gasteiger partial charge in [0, 0.05) is 39.4 Å². The maximum Gasteiger partial charge on any atom is 0.472 e. The van der Waals surface area contributed by atoms with Crippen LogP contribution in [0.15, 0.2) is 6.33 Å². The van der Waals surface area contributed by atoms with E-state index in [1.807, 2.05) is 11.9 Å². The Morgan fingerprint density at radius 1 is 1.26 bits per heavy atom. The standard InChI is InChI=1S/C25H44N7O9PS/c1-16(33)43-15-31-18(34)10-11-28-24(36)21(35)25(2,3)13-40-42(37,38)39-12-17-8-6-7-9-19(41-17)32(5)23-20(27-4)22(26)29-14-30-23/h14,17,19,21,27,35H,6-13,15H2,1-5H3,(H,28,36)(H,31,34)(H,37,38)(H2,26,29,30). The number of hydrogen-bond acceptors (Lipinski definition) is 14. The lowest BCUT2D eigenvalue weighted by Crippen LogP contribution is -2.46. The predicted octanol–water partition coefficient (Wildman–Crippen LogP) is 1.20. The molecule has 1 fully saturated rings. The van der Waals surface area contributed by atoms with Gasteiger partial charge in [0.2, 0.25) is 11.8 Å². The zero-order valence-corrected chi connectivity index (χ0v) is 26.9. The van der Waals surface area contributed by atoms with Gasteiger partial charge in [-0.25, -0.2) is 14.5 Å². The van der Waals surface area contributed by atoms with E-state index in [2.05, 4.69) is 25.9 Å². The van der Waals surface area contributed by atoms with Gasteiger partial charge >= 0.3 is 7.82 Å². The first-order chi connectivity index (χ1) is 20.2. The number of anilines is 3. The van der Waals surface area contributed by atoms with Crippen LogP contribution in [0.1, 0.15) is 52.9 Å². The first-order valence-electron chi connectivity index (χ1n) is 13.8. The number of nitrogens with one attached hydrogen (secondary N) is 3. The van der Waals surface area contributed by atoms with Crippen LogP contribution in [0.25, 0.3) is 0 Å². The summed E-state index contributed by atoms with van der Waals surface area (Å²) in [7, 11) is -1.05. The quantitative estimate of drug-likeness (QED) is 0.109. The minimum Gasteiger partial charge on any atom is -0.383 e. The second-order valence-corrected chi connectivity index (χ2v) is 13.3. The molecule has 18 heteroatoms. The van der Waals surface area contributed by atoms with Gasteiger partial charge in [-0.1, -0.05) is 32.0 Å². The van der Waals surface area contributed by atoms with Crippen LogP contribution in [0.5, 0.6) is 0 Å². The number of aliphatic hydroxyl groups excluding tert-OH is 1. The number of nitrogen functional groups attached to an aromatic ring is 1. The van der Waals surface area contributed by atoms with Crippen molar-refractivity contribution in [1.82, 2.24) is 20.6 Å². The summed E-state index contributed by atoms with van der Waals surface area (Å²) in [6, 6.07) is 0. The molecule has 4 unspecified atom stereocenters. The molecule has 0 aromatic carbocycles. The fourth-order valence-corrected chi connectivity index (χ4v) is 5.45. The largest absolute Gasteiger partial charge is 0.472 e. The number of aromatic nitrogens is 2. The average molecular weight is 650 g/mol. The average Bonchev–Trinajstić information content (AvgIpc) is 3.20. The SMILES string of the molecule is CNc1c(N)ncnc1N(C)C1CCCCC(COP(=O)(O)OCC(C)(C)C(O)C(=O)NCCC(=O)NCSC(C)=O)O1. The van der Waals surface area contributed by atoms with E-state index < -0.39 is 44.2 Å². The fourth-order valence-electron chi connectivity index (χ4n) is 4.09. The number of amides is 2. The molecule has 0 spiro atoms. The smallest absolute Gasteiger partial charge is 0.383 e. The Bertz CT molecular complexity index is 1150. The molecule has 1 aromatic heterocycles. The van der Waals surface area contributed by atoms with Crippen molar-refractivity contribution < 1.29 is 42.7 Å². The maximum atomic E-state index is 12.7. The molecule has 0 aliphatic carbocycles. The minimum atomic E-state index is -4.58. The number of aliphatic hydroxyl groups is 1. The zero-order valence-electron chi connectivity index (χ0n) is 25.2. The number of carbonyl (C=O) groups is 3. The first kappa shape index (κ1) is 36.7. The Balaban J connectivity index is 1.84. The number of nitrogens with two attached hydrogens (primary N) is 1. The van der Waals surface area contributed by atoms with E-state index in [0.29, 0.717) is 30.2 Å². The van der Waals surface area contributed by atoms with Crippen LogP contribution < -0.4 is 26.6 Å². The van der Waals surface area contributed by atoms with Crippen LogP contribution in [0.3, 0.4) is 0 Å². The molecular weight excluding hydrogens is 605 g/mol. The summed E-state index contributed by atoms with van der Waals surface area (Å²) >= 11 is 0.944. The molecule has 1 aromatic rings. The molecule has 244 valence electrons. The van der Waals surface area contributed by atoms with Crippen LogP contribution in [0.2, 0.25) is 0 Å². The minimum absolute atomic E-state index is 0.0521. The number of thioether (sulfide) groups is 1. The molecule has 0 radical (unpaired) electrons. The highest BCUT2D eigenvalue weighted by molar-refractivity contribution is 8.13. The van der Waals surface area contributed by atoms with Crippen LogP contribution in [0.4, 0.5) is 17.3 Å². The molecular formula is C25H44N7O9PS. The Morgan fingerprint density at radius 3 is 2.63 bits per heavy atom. The van der Waals surface area contributed by atoms with Crippen molar-refractivity contribution in [3.05, 3.63) is 6.33 Å². The highest BCUT2D eigenvalue weighted by atomic mass is 32.2.